The van der Waals surface area contributed by atoms with Gasteiger partial charge in [-0.05, 0) is 39.8 Å². The van der Waals surface area contributed by atoms with Crippen molar-refractivity contribution in [1.82, 2.24) is 15.0 Å². The minimum absolute atomic E-state index is 0.295. The van der Waals surface area contributed by atoms with Crippen LogP contribution in [0.3, 0.4) is 0 Å². The molecule has 2 rings (SSSR count). The Balaban J connectivity index is 2.31. The Kier molecular flexibility index (Phi) is 4.38. The van der Waals surface area contributed by atoms with Gasteiger partial charge in [-0.15, -0.1) is 0 Å². The summed E-state index contributed by atoms with van der Waals surface area (Å²) in [4.78, 5) is 13.5. The summed E-state index contributed by atoms with van der Waals surface area (Å²) in [6, 6.07) is 8.18. The Bertz CT molecular complexity index is 530. The van der Waals surface area contributed by atoms with Crippen molar-refractivity contribution in [2.24, 2.45) is 0 Å². The molecule has 1 aromatic carbocycles. The van der Waals surface area contributed by atoms with E-state index in [0.29, 0.717) is 17.1 Å². The average molecular weight is 327 g/mol. The van der Waals surface area contributed by atoms with Gasteiger partial charge in [-0.2, -0.15) is 15.0 Å². The molecule has 0 aliphatic heterocycles. The minimum atomic E-state index is 0.295. The van der Waals surface area contributed by atoms with E-state index in [1.54, 1.807) is 7.05 Å². The Labute approximate surface area is 118 Å². The first-order valence-electron chi connectivity index (χ1n) is 5.13. The lowest BCUT2D eigenvalue weighted by Gasteiger charge is -2.06. The third kappa shape index (κ3) is 3.11. The van der Waals surface area contributed by atoms with Gasteiger partial charge in [0, 0.05) is 16.4 Å². The molecule has 2 aromatic rings. The molecule has 0 unspecified atom stereocenters. The molecule has 0 aliphatic carbocycles. The topological polar surface area (TPSA) is 59.9 Å². The van der Waals surface area contributed by atoms with Crippen LogP contribution in [0.2, 0.25) is 0 Å². The van der Waals surface area contributed by atoms with Crippen LogP contribution < -0.4 is 10.1 Å². The lowest BCUT2D eigenvalue weighted by molar-refractivity contribution is 0.374. The molecule has 1 aromatic heterocycles. The molecular formula is C11H11BrN4OS. The highest BCUT2D eigenvalue weighted by atomic mass is 79.9. The van der Waals surface area contributed by atoms with Crippen LogP contribution in [0.15, 0.2) is 38.8 Å². The second-order valence-corrected chi connectivity index (χ2v) is 5.07. The van der Waals surface area contributed by atoms with Gasteiger partial charge in [-0.25, -0.2) is 0 Å². The molecule has 1 heterocycles. The molecule has 0 fully saturated rings. The lowest BCUT2D eigenvalue weighted by Crippen LogP contribution is -2.02. The molecule has 0 radical (unpaired) electrons. The molecule has 5 nitrogen and oxygen atoms in total. The van der Waals surface area contributed by atoms with Gasteiger partial charge in [-0.3, -0.25) is 0 Å². The van der Waals surface area contributed by atoms with Crippen molar-refractivity contribution in [2.45, 2.75) is 10.1 Å². The van der Waals surface area contributed by atoms with E-state index >= 15 is 0 Å². The van der Waals surface area contributed by atoms with Crippen molar-refractivity contribution in [3.05, 3.63) is 28.7 Å². The van der Waals surface area contributed by atoms with Crippen molar-refractivity contribution in [2.75, 3.05) is 19.5 Å². The van der Waals surface area contributed by atoms with Crippen LogP contribution in [0.5, 0.6) is 6.01 Å². The number of hydrogen-bond donors (Lipinski definition) is 1. The summed E-state index contributed by atoms with van der Waals surface area (Å²) >= 11 is 4.93. The Morgan fingerprint density at radius 1 is 1.22 bits per heavy atom. The normalized spacial score (nSPS) is 10.2. The van der Waals surface area contributed by atoms with Gasteiger partial charge in [0.25, 0.3) is 0 Å². The zero-order valence-electron chi connectivity index (χ0n) is 9.85. The highest BCUT2D eigenvalue weighted by Gasteiger charge is 2.09. The van der Waals surface area contributed by atoms with E-state index < -0.39 is 0 Å². The fourth-order valence-electron chi connectivity index (χ4n) is 1.21. The third-order valence-corrected chi connectivity index (χ3v) is 3.93. The number of ether oxygens (including phenoxy) is 1. The monoisotopic (exact) mass is 326 g/mol. The average Bonchev–Trinajstić information content (AvgIpc) is 2.41. The summed E-state index contributed by atoms with van der Waals surface area (Å²) in [6.45, 7) is 0. The number of methoxy groups -OCH3 is 1. The largest absolute Gasteiger partial charge is 0.467 e. The van der Waals surface area contributed by atoms with Crippen molar-refractivity contribution < 1.29 is 4.74 Å². The standard InChI is InChI=1S/C11H11BrN4OS/c1-13-9-14-10(17-2)16-11(15-9)18-8-6-4-3-5-7(8)12/h3-6H,1-2H3,(H,13,14,15,16). The Hall–Kier alpha value is -1.34. The number of anilines is 1. The maximum absolute atomic E-state index is 5.04. The van der Waals surface area contributed by atoms with Gasteiger partial charge >= 0.3 is 6.01 Å². The molecule has 0 atom stereocenters. The molecule has 0 saturated carbocycles. The number of nitrogens with one attached hydrogen (secondary N) is 1. The molecule has 0 saturated heterocycles. The molecule has 0 bridgehead atoms. The van der Waals surface area contributed by atoms with Gasteiger partial charge in [0.15, 0.2) is 0 Å². The molecule has 0 amide bonds. The fourth-order valence-corrected chi connectivity index (χ4v) is 2.50. The Morgan fingerprint density at radius 2 is 2.00 bits per heavy atom. The first-order valence-corrected chi connectivity index (χ1v) is 6.74. The van der Waals surface area contributed by atoms with Crippen LogP contribution in [0.4, 0.5) is 5.95 Å². The van der Waals surface area contributed by atoms with Crippen LogP contribution in [0, 0.1) is 0 Å². The summed E-state index contributed by atoms with van der Waals surface area (Å²) in [5.41, 5.74) is 0. The summed E-state index contributed by atoms with van der Waals surface area (Å²) in [7, 11) is 3.28. The number of nitrogens with zero attached hydrogens (tertiary/aromatic N) is 3. The van der Waals surface area contributed by atoms with Crippen molar-refractivity contribution in [3.63, 3.8) is 0 Å². The summed E-state index contributed by atoms with van der Waals surface area (Å²) < 4.78 is 6.04. The first-order chi connectivity index (χ1) is 8.72. The molecule has 1 N–H and O–H groups in total. The second kappa shape index (κ2) is 6.01. The quantitative estimate of drug-likeness (QED) is 0.932. The predicted molar refractivity (Wildman–Crippen MR) is 74.2 cm³/mol. The number of hydrogen-bond acceptors (Lipinski definition) is 6. The van der Waals surface area contributed by atoms with Gasteiger partial charge < -0.3 is 10.1 Å². The van der Waals surface area contributed by atoms with Crippen molar-refractivity contribution >= 4 is 33.6 Å². The van der Waals surface area contributed by atoms with Crippen molar-refractivity contribution in [3.8, 4) is 6.01 Å². The smallest absolute Gasteiger partial charge is 0.321 e. The number of benzene rings is 1. The Morgan fingerprint density at radius 3 is 2.67 bits per heavy atom. The molecule has 18 heavy (non-hydrogen) atoms. The van der Waals surface area contributed by atoms with E-state index in [4.69, 9.17) is 4.74 Å². The molecule has 7 heteroatoms. The van der Waals surface area contributed by atoms with Gasteiger partial charge in [0.2, 0.25) is 11.1 Å². The lowest BCUT2D eigenvalue weighted by atomic mass is 10.4. The highest BCUT2D eigenvalue weighted by Crippen LogP contribution is 2.31. The number of rotatable bonds is 4. The second-order valence-electron chi connectivity index (χ2n) is 3.21. The minimum Gasteiger partial charge on any atom is -0.467 e. The molecular weight excluding hydrogens is 316 g/mol. The van der Waals surface area contributed by atoms with E-state index in [1.807, 2.05) is 24.3 Å². The first kappa shape index (κ1) is 13.1. The van der Waals surface area contributed by atoms with Gasteiger partial charge in [-0.1, -0.05) is 12.1 Å². The van der Waals surface area contributed by atoms with E-state index in [-0.39, 0.29) is 0 Å². The summed E-state index contributed by atoms with van der Waals surface area (Å²) in [5, 5.41) is 3.46. The van der Waals surface area contributed by atoms with Gasteiger partial charge in [0.1, 0.15) is 0 Å². The number of aromatic nitrogens is 3. The van der Waals surface area contributed by atoms with E-state index in [0.717, 1.165) is 9.37 Å². The molecule has 94 valence electrons. The van der Waals surface area contributed by atoms with Crippen LogP contribution in [0.1, 0.15) is 0 Å². The van der Waals surface area contributed by atoms with E-state index in [9.17, 15) is 0 Å². The fraction of sp³-hybridized carbons (Fsp3) is 0.182. The third-order valence-electron chi connectivity index (χ3n) is 2.04. The zero-order chi connectivity index (χ0) is 13.0. The SMILES string of the molecule is CNc1nc(OC)nc(Sc2ccccc2Br)n1. The van der Waals surface area contributed by atoms with Crippen LogP contribution in [0.25, 0.3) is 0 Å². The van der Waals surface area contributed by atoms with Crippen molar-refractivity contribution in [1.29, 1.82) is 0 Å². The predicted octanol–water partition coefficient (Wildman–Crippen LogP) is 2.84. The highest BCUT2D eigenvalue weighted by molar-refractivity contribution is 9.10. The zero-order valence-corrected chi connectivity index (χ0v) is 12.2. The van der Waals surface area contributed by atoms with Crippen LogP contribution >= 0.6 is 27.7 Å². The van der Waals surface area contributed by atoms with E-state index in [1.165, 1.54) is 18.9 Å². The summed E-state index contributed by atoms with van der Waals surface area (Å²) in [6.07, 6.45) is 0. The maximum Gasteiger partial charge on any atom is 0.321 e. The van der Waals surface area contributed by atoms with E-state index in [2.05, 4.69) is 36.2 Å². The molecule has 0 aliphatic rings. The molecule has 0 spiro atoms. The number of halogens is 1. The van der Waals surface area contributed by atoms with Gasteiger partial charge in [0.05, 0.1) is 7.11 Å². The van der Waals surface area contributed by atoms with Crippen LogP contribution in [-0.4, -0.2) is 29.1 Å². The van der Waals surface area contributed by atoms with Crippen LogP contribution in [-0.2, 0) is 0 Å². The summed E-state index contributed by atoms with van der Waals surface area (Å²) in [5.74, 6) is 0.483. The maximum atomic E-state index is 5.04.